The van der Waals surface area contributed by atoms with Crippen LogP contribution in [0.5, 0.6) is 0 Å². The van der Waals surface area contributed by atoms with E-state index >= 15 is 0 Å². The highest BCUT2D eigenvalue weighted by atomic mass is 35.5. The first-order valence-electron chi connectivity index (χ1n) is 16.2. The van der Waals surface area contributed by atoms with Gasteiger partial charge in [-0.2, -0.15) is 0 Å². The summed E-state index contributed by atoms with van der Waals surface area (Å²) >= 11 is 11.8. The number of H-pyrrole nitrogens is 1. The molecule has 5 aromatic rings. The smallest absolute Gasteiger partial charge is 0.272 e. The van der Waals surface area contributed by atoms with Crippen LogP contribution >= 0.6 is 23.2 Å². The van der Waals surface area contributed by atoms with Crippen LogP contribution in [0.25, 0.3) is 0 Å². The van der Waals surface area contributed by atoms with Gasteiger partial charge in [-0.3, -0.25) is 19.2 Å². The Bertz CT molecular complexity index is 1970. The van der Waals surface area contributed by atoms with Crippen LogP contribution in [0.4, 0.5) is 22.7 Å². The van der Waals surface area contributed by atoms with E-state index in [1.165, 1.54) is 0 Å². The molecule has 16 heteroatoms. The number of benzene rings is 1. The largest absolute Gasteiger partial charge is 0.369 e. The fraction of sp³-hybridized carbons (Fsp3) is 0.286. The van der Waals surface area contributed by atoms with E-state index in [0.29, 0.717) is 71.8 Å². The second kappa shape index (κ2) is 17.0. The van der Waals surface area contributed by atoms with Crippen molar-refractivity contribution in [3.05, 3.63) is 102 Å². The number of nitrogens with one attached hydrogen (secondary N) is 5. The molecule has 0 spiro atoms. The standard InChI is InChI=1S/C35H40Cl2N10O4/c1-44-21-25(17-28(44)33(49)40-12-4-5-31-38-13-14-39-31)42-35(51)30-19-26(22-46(30)3)43-34(50)29-18-24(20-45(29)2)41-32(48)23-6-8-27(9-7-23)47(15-10-36)16-11-37/h6-9,13-14,17-22H,4-5,10-12,15-16H2,1-3H3,(H,38,39)(H,40,49)(H,41,48)(H,42,51)(H,43,50). The van der Waals surface area contributed by atoms with Gasteiger partial charge in [0.1, 0.15) is 22.9 Å². The molecule has 0 radical (unpaired) electrons. The average molecular weight is 736 g/mol. The number of halogens is 2. The first-order valence-corrected chi connectivity index (χ1v) is 17.3. The number of carbonyl (C=O) groups is 4. The molecule has 4 aromatic heterocycles. The van der Waals surface area contributed by atoms with Crippen molar-refractivity contribution in [2.75, 3.05) is 52.2 Å². The topological polar surface area (TPSA) is 163 Å². The lowest BCUT2D eigenvalue weighted by molar-refractivity contribution is 0.0942. The van der Waals surface area contributed by atoms with E-state index in [2.05, 4.69) is 31.2 Å². The van der Waals surface area contributed by atoms with Crippen molar-refractivity contribution < 1.29 is 19.2 Å². The maximum Gasteiger partial charge on any atom is 0.272 e. The average Bonchev–Trinajstić information content (AvgIpc) is 3.91. The number of alkyl halides is 2. The summed E-state index contributed by atoms with van der Waals surface area (Å²) in [6, 6.07) is 11.9. The van der Waals surface area contributed by atoms with E-state index in [1.54, 1.807) is 96.2 Å². The van der Waals surface area contributed by atoms with Gasteiger partial charge >= 0.3 is 0 Å². The van der Waals surface area contributed by atoms with Crippen LogP contribution in [0.2, 0.25) is 0 Å². The van der Waals surface area contributed by atoms with E-state index in [1.807, 2.05) is 17.0 Å². The molecule has 0 saturated carbocycles. The summed E-state index contributed by atoms with van der Waals surface area (Å²) in [5.74, 6) is 0.337. The zero-order chi connectivity index (χ0) is 36.5. The van der Waals surface area contributed by atoms with E-state index in [4.69, 9.17) is 23.2 Å². The van der Waals surface area contributed by atoms with Gasteiger partial charge in [-0.1, -0.05) is 0 Å². The van der Waals surface area contributed by atoms with Gasteiger partial charge in [0.25, 0.3) is 23.6 Å². The van der Waals surface area contributed by atoms with Crippen molar-refractivity contribution in [2.24, 2.45) is 21.1 Å². The Balaban J connectivity index is 1.15. The quantitative estimate of drug-likeness (QED) is 0.0721. The maximum absolute atomic E-state index is 13.2. The Labute approximate surface area is 305 Å². The first kappa shape index (κ1) is 36.8. The minimum absolute atomic E-state index is 0.257. The Morgan fingerprint density at radius 2 is 1.22 bits per heavy atom. The van der Waals surface area contributed by atoms with Crippen molar-refractivity contribution in [3.63, 3.8) is 0 Å². The van der Waals surface area contributed by atoms with Gasteiger partial charge < -0.3 is 44.9 Å². The molecule has 14 nitrogen and oxygen atoms in total. The number of imidazole rings is 1. The molecule has 0 atom stereocenters. The molecule has 0 unspecified atom stereocenters. The summed E-state index contributed by atoms with van der Waals surface area (Å²) in [6.07, 6.45) is 9.81. The predicted molar refractivity (Wildman–Crippen MR) is 199 cm³/mol. The number of anilines is 4. The zero-order valence-corrected chi connectivity index (χ0v) is 30.0. The molecule has 0 bridgehead atoms. The van der Waals surface area contributed by atoms with Crippen LogP contribution in [0.1, 0.15) is 54.1 Å². The normalized spacial score (nSPS) is 10.9. The summed E-state index contributed by atoms with van der Waals surface area (Å²) in [7, 11) is 5.11. The molecular weight excluding hydrogens is 695 g/mol. The van der Waals surface area contributed by atoms with E-state index in [-0.39, 0.29) is 17.5 Å². The number of hydrogen-bond acceptors (Lipinski definition) is 6. The molecule has 4 heterocycles. The molecule has 0 saturated heterocycles. The monoisotopic (exact) mass is 734 g/mol. The molecule has 4 amide bonds. The van der Waals surface area contributed by atoms with Gasteiger partial charge in [0, 0.05) is 101 Å². The Morgan fingerprint density at radius 3 is 1.69 bits per heavy atom. The number of aromatic nitrogens is 5. The van der Waals surface area contributed by atoms with Crippen molar-refractivity contribution >= 4 is 69.6 Å². The van der Waals surface area contributed by atoms with Crippen molar-refractivity contribution in [1.82, 2.24) is 29.0 Å². The Hall–Kier alpha value is -5.47. The first-order chi connectivity index (χ1) is 24.6. The van der Waals surface area contributed by atoms with Crippen LogP contribution < -0.4 is 26.2 Å². The van der Waals surface area contributed by atoms with Crippen LogP contribution in [0.15, 0.2) is 73.4 Å². The lowest BCUT2D eigenvalue weighted by atomic mass is 10.1. The fourth-order valence-electron chi connectivity index (χ4n) is 5.55. The number of rotatable bonds is 16. The fourth-order valence-corrected chi connectivity index (χ4v) is 5.96. The Kier molecular flexibility index (Phi) is 12.2. The number of hydrogen-bond donors (Lipinski definition) is 5. The van der Waals surface area contributed by atoms with Crippen LogP contribution in [0, 0.1) is 0 Å². The van der Waals surface area contributed by atoms with Crippen LogP contribution in [-0.2, 0) is 27.6 Å². The number of aromatic amines is 1. The van der Waals surface area contributed by atoms with Gasteiger partial charge in [0.15, 0.2) is 0 Å². The molecule has 268 valence electrons. The van der Waals surface area contributed by atoms with Gasteiger partial charge in [0.2, 0.25) is 0 Å². The number of aryl methyl sites for hydroxylation is 4. The molecule has 0 aliphatic rings. The third kappa shape index (κ3) is 9.41. The van der Waals surface area contributed by atoms with E-state index in [0.717, 1.165) is 17.9 Å². The van der Waals surface area contributed by atoms with Gasteiger partial charge in [-0.15, -0.1) is 23.2 Å². The van der Waals surface area contributed by atoms with Gasteiger partial charge in [0.05, 0.1) is 17.1 Å². The SMILES string of the molecule is Cn1cc(NC(=O)c2cc(NC(=O)c3cc(NC(=O)c4ccc(N(CCCl)CCCl)cc4)cn3C)cn2C)cc1C(=O)NCCCc1ncc[nH]1. The minimum Gasteiger partial charge on any atom is -0.369 e. The second-order valence-electron chi connectivity index (χ2n) is 11.8. The molecule has 5 N–H and O–H groups in total. The van der Waals surface area contributed by atoms with Gasteiger partial charge in [-0.05, 0) is 48.9 Å². The third-order valence-corrected chi connectivity index (χ3v) is 8.46. The Morgan fingerprint density at radius 1 is 0.725 bits per heavy atom. The molecular formula is C35H40Cl2N10O4. The zero-order valence-electron chi connectivity index (χ0n) is 28.5. The van der Waals surface area contributed by atoms with Crippen molar-refractivity contribution in [2.45, 2.75) is 12.8 Å². The predicted octanol–water partition coefficient (Wildman–Crippen LogP) is 4.83. The molecule has 0 aliphatic carbocycles. The lowest BCUT2D eigenvalue weighted by Gasteiger charge is -2.22. The number of amides is 4. The van der Waals surface area contributed by atoms with E-state index in [9.17, 15) is 19.2 Å². The summed E-state index contributed by atoms with van der Waals surface area (Å²) in [5.41, 5.74) is 3.64. The highest BCUT2D eigenvalue weighted by molar-refractivity contribution is 6.18. The molecule has 5 rings (SSSR count). The third-order valence-electron chi connectivity index (χ3n) is 8.12. The maximum atomic E-state index is 13.2. The highest BCUT2D eigenvalue weighted by Gasteiger charge is 2.19. The summed E-state index contributed by atoms with van der Waals surface area (Å²) < 4.78 is 4.83. The van der Waals surface area contributed by atoms with E-state index < -0.39 is 11.8 Å². The molecule has 1 aromatic carbocycles. The molecule has 51 heavy (non-hydrogen) atoms. The number of carbonyl (C=O) groups excluding carboxylic acids is 4. The summed E-state index contributed by atoms with van der Waals surface area (Å²) in [5, 5.41) is 11.4. The second-order valence-corrected chi connectivity index (χ2v) is 12.6. The van der Waals surface area contributed by atoms with Crippen molar-refractivity contribution in [1.29, 1.82) is 0 Å². The van der Waals surface area contributed by atoms with Crippen LogP contribution in [-0.4, -0.2) is 78.7 Å². The van der Waals surface area contributed by atoms with Gasteiger partial charge in [-0.25, -0.2) is 4.98 Å². The summed E-state index contributed by atoms with van der Waals surface area (Å²) in [4.78, 5) is 61.4. The van der Waals surface area contributed by atoms with Crippen LogP contribution in [0.3, 0.4) is 0 Å². The lowest BCUT2D eigenvalue weighted by Crippen LogP contribution is -2.27. The highest BCUT2D eigenvalue weighted by Crippen LogP contribution is 2.21. The number of nitrogens with zero attached hydrogens (tertiary/aromatic N) is 5. The minimum atomic E-state index is -0.429. The molecule has 0 aliphatic heterocycles. The summed E-state index contributed by atoms with van der Waals surface area (Å²) in [6.45, 7) is 1.75. The molecule has 0 fully saturated rings. The van der Waals surface area contributed by atoms with Crippen molar-refractivity contribution in [3.8, 4) is 0 Å².